The third kappa shape index (κ3) is 2.17. The lowest BCUT2D eigenvalue weighted by atomic mass is 10.1. The summed E-state index contributed by atoms with van der Waals surface area (Å²) >= 11 is 5.56. The molecule has 0 saturated heterocycles. The van der Waals surface area contributed by atoms with Crippen molar-refractivity contribution in [2.45, 2.75) is 6.10 Å². The Kier molecular flexibility index (Phi) is 3.03. The maximum Gasteiger partial charge on any atom is 0.125 e. The van der Waals surface area contributed by atoms with Gasteiger partial charge < -0.3 is 10.8 Å². The summed E-state index contributed by atoms with van der Waals surface area (Å²) in [5.41, 5.74) is 5.59. The third-order valence-electron chi connectivity index (χ3n) is 1.49. The molecule has 0 heterocycles. The van der Waals surface area contributed by atoms with Crippen molar-refractivity contribution in [1.29, 1.82) is 0 Å². The van der Waals surface area contributed by atoms with Gasteiger partial charge in [0.1, 0.15) is 5.82 Å². The molecule has 3 N–H and O–H groups in total. The second-order valence-corrected chi connectivity index (χ2v) is 2.89. The maximum atomic E-state index is 12.7. The molecule has 0 aliphatic heterocycles. The normalized spacial score (nSPS) is 13.0. The van der Waals surface area contributed by atoms with Crippen molar-refractivity contribution in [3.05, 3.63) is 34.6 Å². The topological polar surface area (TPSA) is 46.2 Å². The minimum atomic E-state index is -0.849. The van der Waals surface area contributed by atoms with E-state index in [2.05, 4.69) is 0 Å². The molecule has 4 heteroatoms. The molecule has 66 valence electrons. The van der Waals surface area contributed by atoms with Crippen molar-refractivity contribution in [3.63, 3.8) is 0 Å². The lowest BCUT2D eigenvalue weighted by molar-refractivity contribution is 0.186. The van der Waals surface area contributed by atoms with Gasteiger partial charge in [-0.2, -0.15) is 0 Å². The van der Waals surface area contributed by atoms with Gasteiger partial charge in [-0.1, -0.05) is 11.6 Å². The minimum Gasteiger partial charge on any atom is -0.387 e. The predicted octanol–water partition coefficient (Wildman–Crippen LogP) is 1.47. The highest BCUT2D eigenvalue weighted by molar-refractivity contribution is 6.30. The van der Waals surface area contributed by atoms with E-state index >= 15 is 0 Å². The van der Waals surface area contributed by atoms with Crippen LogP contribution in [0, 0.1) is 5.82 Å². The Balaban J connectivity index is 3.00. The van der Waals surface area contributed by atoms with Gasteiger partial charge in [0.25, 0.3) is 0 Å². The molecule has 0 aliphatic rings. The van der Waals surface area contributed by atoms with Crippen molar-refractivity contribution in [2.24, 2.45) is 5.73 Å². The number of hydrogen-bond acceptors (Lipinski definition) is 2. The van der Waals surface area contributed by atoms with Crippen LogP contribution in [0.2, 0.25) is 5.02 Å². The number of hydrogen-bond donors (Lipinski definition) is 2. The van der Waals surface area contributed by atoms with Crippen LogP contribution in [0.15, 0.2) is 18.2 Å². The summed E-state index contributed by atoms with van der Waals surface area (Å²) in [4.78, 5) is 0. The van der Waals surface area contributed by atoms with Crippen molar-refractivity contribution in [3.8, 4) is 0 Å². The zero-order valence-corrected chi connectivity index (χ0v) is 7.05. The standard InChI is InChI=1S/C8H9ClFNO/c9-6-1-5(8(12)4-11)2-7(10)3-6/h1-3,8,12H,4,11H2/t8-/m0/s1. The van der Waals surface area contributed by atoms with Gasteiger partial charge >= 0.3 is 0 Å². The Labute approximate surface area is 74.8 Å². The van der Waals surface area contributed by atoms with Crippen LogP contribution in [-0.2, 0) is 0 Å². The largest absolute Gasteiger partial charge is 0.387 e. The van der Waals surface area contributed by atoms with E-state index in [4.69, 9.17) is 17.3 Å². The van der Waals surface area contributed by atoms with Gasteiger partial charge in [0.15, 0.2) is 0 Å². The first-order valence-corrected chi connectivity index (χ1v) is 3.85. The summed E-state index contributed by atoms with van der Waals surface area (Å²) in [6.45, 7) is 0.0553. The lowest BCUT2D eigenvalue weighted by Crippen LogP contribution is -2.11. The number of rotatable bonds is 2. The van der Waals surface area contributed by atoms with Crippen LogP contribution in [-0.4, -0.2) is 11.7 Å². The van der Waals surface area contributed by atoms with Crippen LogP contribution in [0.3, 0.4) is 0 Å². The molecular weight excluding hydrogens is 181 g/mol. The molecule has 0 bridgehead atoms. The Morgan fingerprint density at radius 3 is 2.67 bits per heavy atom. The molecule has 12 heavy (non-hydrogen) atoms. The second kappa shape index (κ2) is 3.85. The smallest absolute Gasteiger partial charge is 0.125 e. The molecule has 2 nitrogen and oxygen atoms in total. The van der Waals surface area contributed by atoms with Crippen molar-refractivity contribution >= 4 is 11.6 Å². The molecule has 0 spiro atoms. The quantitative estimate of drug-likeness (QED) is 0.740. The number of aliphatic hydroxyl groups is 1. The molecule has 0 radical (unpaired) electrons. The molecule has 0 saturated carbocycles. The maximum absolute atomic E-state index is 12.7. The molecule has 1 atom stereocenters. The fourth-order valence-corrected chi connectivity index (χ4v) is 1.13. The van der Waals surface area contributed by atoms with E-state index in [1.54, 1.807) is 0 Å². The van der Waals surface area contributed by atoms with Crippen LogP contribution < -0.4 is 5.73 Å². The van der Waals surface area contributed by atoms with E-state index in [0.717, 1.165) is 0 Å². The van der Waals surface area contributed by atoms with Gasteiger partial charge in [0.05, 0.1) is 6.10 Å². The Morgan fingerprint density at radius 2 is 2.17 bits per heavy atom. The highest BCUT2D eigenvalue weighted by atomic mass is 35.5. The lowest BCUT2D eigenvalue weighted by Gasteiger charge is -2.07. The van der Waals surface area contributed by atoms with E-state index in [-0.39, 0.29) is 11.6 Å². The molecule has 1 aromatic carbocycles. The summed E-state index contributed by atoms with van der Waals surface area (Å²) in [6.07, 6.45) is -0.849. The van der Waals surface area contributed by atoms with Gasteiger partial charge in [-0.25, -0.2) is 4.39 Å². The zero-order chi connectivity index (χ0) is 9.14. The summed E-state index contributed by atoms with van der Waals surface area (Å²) < 4.78 is 12.7. The number of aliphatic hydroxyl groups excluding tert-OH is 1. The molecule has 0 amide bonds. The van der Waals surface area contributed by atoms with E-state index < -0.39 is 11.9 Å². The van der Waals surface area contributed by atoms with Gasteiger partial charge in [-0.05, 0) is 23.8 Å². The van der Waals surface area contributed by atoms with Gasteiger partial charge in [0.2, 0.25) is 0 Å². The van der Waals surface area contributed by atoms with Crippen molar-refractivity contribution < 1.29 is 9.50 Å². The molecule has 0 aromatic heterocycles. The Morgan fingerprint density at radius 1 is 1.50 bits per heavy atom. The Bertz CT molecular complexity index is 260. The predicted molar refractivity (Wildman–Crippen MR) is 45.4 cm³/mol. The average molecular weight is 190 g/mol. The van der Waals surface area contributed by atoms with Crippen molar-refractivity contribution in [2.75, 3.05) is 6.54 Å². The summed E-state index contributed by atoms with van der Waals surface area (Å²) in [5.74, 6) is -0.468. The number of halogens is 2. The molecule has 0 unspecified atom stereocenters. The monoisotopic (exact) mass is 189 g/mol. The number of benzene rings is 1. The van der Waals surface area contributed by atoms with Crippen LogP contribution in [0.5, 0.6) is 0 Å². The summed E-state index contributed by atoms with van der Waals surface area (Å²) in [6, 6.07) is 3.87. The average Bonchev–Trinajstić information content (AvgIpc) is 2.01. The molecule has 0 fully saturated rings. The van der Waals surface area contributed by atoms with Crippen molar-refractivity contribution in [1.82, 2.24) is 0 Å². The number of nitrogens with two attached hydrogens (primary N) is 1. The first-order chi connectivity index (χ1) is 5.63. The highest BCUT2D eigenvalue weighted by Gasteiger charge is 2.06. The molecule has 1 rings (SSSR count). The second-order valence-electron chi connectivity index (χ2n) is 2.45. The summed E-state index contributed by atoms with van der Waals surface area (Å²) in [5, 5.41) is 9.49. The SMILES string of the molecule is NC[C@H](O)c1cc(F)cc(Cl)c1. The van der Waals surface area contributed by atoms with Gasteiger partial charge in [0, 0.05) is 11.6 Å². The fourth-order valence-electron chi connectivity index (χ4n) is 0.904. The zero-order valence-electron chi connectivity index (χ0n) is 6.30. The Hall–Kier alpha value is -0.640. The molecular formula is C8H9ClFNO. The minimum absolute atomic E-state index is 0.0553. The molecule has 1 aromatic rings. The van der Waals surface area contributed by atoms with Crippen LogP contribution >= 0.6 is 11.6 Å². The first-order valence-electron chi connectivity index (χ1n) is 3.47. The first kappa shape index (κ1) is 9.45. The van der Waals surface area contributed by atoms with E-state index in [0.29, 0.717) is 5.56 Å². The van der Waals surface area contributed by atoms with Gasteiger partial charge in [-0.3, -0.25) is 0 Å². The van der Waals surface area contributed by atoms with E-state index in [1.807, 2.05) is 0 Å². The fraction of sp³-hybridized carbons (Fsp3) is 0.250. The summed E-state index contributed by atoms with van der Waals surface area (Å²) in [7, 11) is 0. The van der Waals surface area contributed by atoms with Gasteiger partial charge in [-0.15, -0.1) is 0 Å². The molecule has 0 aliphatic carbocycles. The third-order valence-corrected chi connectivity index (χ3v) is 1.71. The van der Waals surface area contributed by atoms with E-state index in [9.17, 15) is 9.50 Å². The van der Waals surface area contributed by atoms with E-state index in [1.165, 1.54) is 18.2 Å². The van der Waals surface area contributed by atoms with Crippen LogP contribution in [0.4, 0.5) is 4.39 Å². The van der Waals surface area contributed by atoms with Crippen LogP contribution in [0.25, 0.3) is 0 Å². The van der Waals surface area contributed by atoms with Crippen LogP contribution in [0.1, 0.15) is 11.7 Å². The highest BCUT2D eigenvalue weighted by Crippen LogP contribution is 2.18.